The van der Waals surface area contributed by atoms with Gasteiger partial charge in [-0.05, 0) is 6.07 Å². The summed E-state index contributed by atoms with van der Waals surface area (Å²) in [6.45, 7) is 0. The molecular weight excluding hydrogens is 222 g/mol. The Morgan fingerprint density at radius 1 is 1.29 bits per heavy atom. The highest BCUT2D eigenvalue weighted by Gasteiger charge is 2.18. The van der Waals surface area contributed by atoms with Gasteiger partial charge in [0.25, 0.3) is 0 Å². The summed E-state index contributed by atoms with van der Waals surface area (Å²) >= 11 is 0. The molecule has 0 amide bonds. The lowest BCUT2D eigenvalue weighted by atomic mass is 10.1. The summed E-state index contributed by atoms with van der Waals surface area (Å²) in [5.41, 5.74) is 6.51. The number of benzene rings is 1. The van der Waals surface area contributed by atoms with E-state index < -0.39 is 12.0 Å². The van der Waals surface area contributed by atoms with Crippen LogP contribution in [0.3, 0.4) is 0 Å². The van der Waals surface area contributed by atoms with Crippen molar-refractivity contribution in [1.29, 1.82) is 0 Å². The number of carbonyl (C=O) groups is 1. The molecule has 0 aromatic heterocycles. The fourth-order valence-electron chi connectivity index (χ4n) is 1.59. The summed E-state index contributed by atoms with van der Waals surface area (Å²) in [5.74, 6) is 0.756. The Hall–Kier alpha value is -1.75. The van der Waals surface area contributed by atoms with Crippen LogP contribution < -0.4 is 15.2 Å². The number of para-hydroxylation sites is 1. The van der Waals surface area contributed by atoms with Gasteiger partial charge >= 0.3 is 5.97 Å². The molecule has 1 unspecified atom stereocenters. The second kappa shape index (κ2) is 6.10. The molecule has 0 aliphatic carbocycles. The molecule has 5 nitrogen and oxygen atoms in total. The average Bonchev–Trinajstić information content (AvgIpc) is 2.37. The van der Waals surface area contributed by atoms with E-state index in [1.54, 1.807) is 20.3 Å². The Bertz CT molecular complexity index is 392. The van der Waals surface area contributed by atoms with Crippen LogP contribution in [0, 0.1) is 0 Å². The standard InChI is InChI=1S/C12H17NO4/c1-15-10-6-4-5-8(11(10)16-2)7-9(13)12(14)17-3/h4-6,9H,7,13H2,1-3H3. The minimum atomic E-state index is -0.707. The Morgan fingerprint density at radius 3 is 2.53 bits per heavy atom. The molecule has 2 N–H and O–H groups in total. The van der Waals surface area contributed by atoms with E-state index in [9.17, 15) is 4.79 Å². The molecular formula is C12H17NO4. The predicted molar refractivity (Wildman–Crippen MR) is 63.2 cm³/mol. The lowest BCUT2D eigenvalue weighted by Gasteiger charge is -2.14. The summed E-state index contributed by atoms with van der Waals surface area (Å²) in [5, 5.41) is 0. The van der Waals surface area contributed by atoms with Crippen LogP contribution in [0.2, 0.25) is 0 Å². The van der Waals surface area contributed by atoms with Gasteiger partial charge in [0, 0.05) is 12.0 Å². The van der Waals surface area contributed by atoms with Gasteiger partial charge in [0.2, 0.25) is 0 Å². The molecule has 0 spiro atoms. The molecule has 5 heteroatoms. The zero-order chi connectivity index (χ0) is 12.8. The molecule has 0 aliphatic rings. The number of rotatable bonds is 5. The first-order valence-corrected chi connectivity index (χ1v) is 5.17. The lowest BCUT2D eigenvalue weighted by Crippen LogP contribution is -2.33. The van der Waals surface area contributed by atoms with Crippen LogP contribution in [0.5, 0.6) is 11.5 Å². The first-order chi connectivity index (χ1) is 8.13. The molecule has 0 bridgehead atoms. The highest BCUT2D eigenvalue weighted by molar-refractivity contribution is 5.76. The Labute approximate surface area is 100 Å². The fourth-order valence-corrected chi connectivity index (χ4v) is 1.59. The van der Waals surface area contributed by atoms with Crippen LogP contribution in [0.1, 0.15) is 5.56 Å². The number of esters is 1. The number of carbonyl (C=O) groups excluding carboxylic acids is 1. The van der Waals surface area contributed by atoms with Crippen molar-refractivity contribution < 1.29 is 19.0 Å². The normalized spacial score (nSPS) is 11.8. The van der Waals surface area contributed by atoms with Crippen LogP contribution in [0.25, 0.3) is 0 Å². The quantitative estimate of drug-likeness (QED) is 0.768. The molecule has 1 rings (SSSR count). The molecule has 0 heterocycles. The molecule has 0 saturated carbocycles. The molecule has 1 aromatic carbocycles. The van der Waals surface area contributed by atoms with E-state index in [2.05, 4.69) is 4.74 Å². The minimum absolute atomic E-state index is 0.340. The highest BCUT2D eigenvalue weighted by Crippen LogP contribution is 2.31. The van der Waals surface area contributed by atoms with Crippen molar-refractivity contribution in [2.24, 2.45) is 5.73 Å². The maximum absolute atomic E-state index is 11.3. The average molecular weight is 239 g/mol. The monoisotopic (exact) mass is 239 g/mol. The topological polar surface area (TPSA) is 70.8 Å². The van der Waals surface area contributed by atoms with Crippen LogP contribution in [0.15, 0.2) is 18.2 Å². The van der Waals surface area contributed by atoms with Crippen molar-refractivity contribution >= 4 is 5.97 Å². The van der Waals surface area contributed by atoms with E-state index in [1.165, 1.54) is 7.11 Å². The van der Waals surface area contributed by atoms with Crippen molar-refractivity contribution in [2.75, 3.05) is 21.3 Å². The van der Waals surface area contributed by atoms with Gasteiger partial charge in [-0.25, -0.2) is 0 Å². The first-order valence-electron chi connectivity index (χ1n) is 5.17. The van der Waals surface area contributed by atoms with Crippen molar-refractivity contribution in [2.45, 2.75) is 12.5 Å². The van der Waals surface area contributed by atoms with Gasteiger partial charge in [-0.1, -0.05) is 12.1 Å². The smallest absolute Gasteiger partial charge is 0.322 e. The molecule has 1 atom stereocenters. The van der Waals surface area contributed by atoms with Crippen LogP contribution in [-0.4, -0.2) is 33.3 Å². The highest BCUT2D eigenvalue weighted by atomic mass is 16.5. The summed E-state index contributed by atoms with van der Waals surface area (Å²) in [6, 6.07) is 4.73. The first kappa shape index (κ1) is 13.3. The van der Waals surface area contributed by atoms with Crippen molar-refractivity contribution in [1.82, 2.24) is 0 Å². The Morgan fingerprint density at radius 2 is 2.00 bits per heavy atom. The number of nitrogens with two attached hydrogens (primary N) is 1. The molecule has 94 valence electrons. The van der Waals surface area contributed by atoms with Gasteiger partial charge in [-0.3, -0.25) is 4.79 Å². The van der Waals surface area contributed by atoms with Crippen LogP contribution >= 0.6 is 0 Å². The maximum Gasteiger partial charge on any atom is 0.322 e. The van der Waals surface area contributed by atoms with E-state index in [0.29, 0.717) is 17.9 Å². The SMILES string of the molecule is COC(=O)C(N)Cc1cccc(OC)c1OC. The van der Waals surface area contributed by atoms with Gasteiger partial charge < -0.3 is 19.9 Å². The van der Waals surface area contributed by atoms with Gasteiger partial charge in [-0.2, -0.15) is 0 Å². The van der Waals surface area contributed by atoms with E-state index in [1.807, 2.05) is 12.1 Å². The van der Waals surface area contributed by atoms with Crippen molar-refractivity contribution in [3.63, 3.8) is 0 Å². The van der Waals surface area contributed by atoms with Crippen LogP contribution in [-0.2, 0) is 16.0 Å². The molecule has 17 heavy (non-hydrogen) atoms. The zero-order valence-electron chi connectivity index (χ0n) is 10.2. The van der Waals surface area contributed by atoms with Gasteiger partial charge in [-0.15, -0.1) is 0 Å². The number of hydrogen-bond donors (Lipinski definition) is 1. The maximum atomic E-state index is 11.3. The third-order valence-electron chi connectivity index (χ3n) is 2.43. The van der Waals surface area contributed by atoms with Gasteiger partial charge in [0.1, 0.15) is 6.04 Å². The second-order valence-corrected chi connectivity index (χ2v) is 3.49. The molecule has 0 radical (unpaired) electrons. The molecule has 0 aliphatic heterocycles. The largest absolute Gasteiger partial charge is 0.493 e. The number of methoxy groups -OCH3 is 3. The van der Waals surface area contributed by atoms with Crippen LogP contribution in [0.4, 0.5) is 0 Å². The van der Waals surface area contributed by atoms with Gasteiger partial charge in [0.05, 0.1) is 21.3 Å². The predicted octanol–water partition coefficient (Wildman–Crippen LogP) is 0.747. The molecule has 0 fully saturated rings. The zero-order valence-corrected chi connectivity index (χ0v) is 10.2. The Kier molecular flexibility index (Phi) is 4.78. The molecule has 1 aromatic rings. The van der Waals surface area contributed by atoms with Crippen molar-refractivity contribution in [3.8, 4) is 11.5 Å². The second-order valence-electron chi connectivity index (χ2n) is 3.49. The summed E-state index contributed by atoms with van der Waals surface area (Å²) in [7, 11) is 4.41. The van der Waals surface area contributed by atoms with E-state index >= 15 is 0 Å². The Balaban J connectivity index is 2.94. The minimum Gasteiger partial charge on any atom is -0.493 e. The van der Waals surface area contributed by atoms with E-state index in [-0.39, 0.29) is 0 Å². The third kappa shape index (κ3) is 3.10. The summed E-state index contributed by atoms with van der Waals surface area (Å²) < 4.78 is 15.0. The van der Waals surface area contributed by atoms with E-state index in [4.69, 9.17) is 15.2 Å². The van der Waals surface area contributed by atoms with Crippen molar-refractivity contribution in [3.05, 3.63) is 23.8 Å². The summed E-state index contributed by atoms with van der Waals surface area (Å²) in [4.78, 5) is 11.3. The van der Waals surface area contributed by atoms with Gasteiger partial charge in [0.15, 0.2) is 11.5 Å². The lowest BCUT2D eigenvalue weighted by molar-refractivity contribution is -0.142. The summed E-state index contributed by atoms with van der Waals surface area (Å²) in [6.07, 6.45) is 0.340. The fraction of sp³-hybridized carbons (Fsp3) is 0.417. The number of hydrogen-bond acceptors (Lipinski definition) is 5. The van der Waals surface area contributed by atoms with E-state index in [0.717, 1.165) is 5.56 Å². The third-order valence-corrected chi connectivity index (χ3v) is 2.43. The molecule has 0 saturated heterocycles. The number of ether oxygens (including phenoxy) is 3.